The summed E-state index contributed by atoms with van der Waals surface area (Å²) in [6.45, 7) is 11.2. The van der Waals surface area contributed by atoms with Gasteiger partial charge >= 0.3 is 0 Å². The van der Waals surface area contributed by atoms with Gasteiger partial charge in [-0.3, -0.25) is 9.69 Å². The van der Waals surface area contributed by atoms with Crippen LogP contribution in [0.2, 0.25) is 0 Å². The molecule has 1 fully saturated rings. The molecular weight excluding hydrogens is 202 g/mol. The van der Waals surface area contributed by atoms with Crippen molar-refractivity contribution in [2.75, 3.05) is 19.6 Å². The third-order valence-corrected chi connectivity index (χ3v) is 3.33. The largest absolute Gasteiger partial charge is 0.352 e. The van der Waals surface area contributed by atoms with Crippen molar-refractivity contribution in [3.05, 3.63) is 0 Å². The zero-order chi connectivity index (χ0) is 12.1. The Labute approximate surface area is 98.8 Å². The van der Waals surface area contributed by atoms with Crippen LogP contribution in [0, 0.1) is 0 Å². The van der Waals surface area contributed by atoms with E-state index in [1.807, 2.05) is 13.8 Å². The van der Waals surface area contributed by atoms with Crippen molar-refractivity contribution in [2.24, 2.45) is 0 Å². The minimum Gasteiger partial charge on any atom is -0.352 e. The Morgan fingerprint density at radius 1 is 1.56 bits per heavy atom. The molecule has 1 rings (SSSR count). The van der Waals surface area contributed by atoms with E-state index in [0.29, 0.717) is 6.04 Å². The van der Waals surface area contributed by atoms with Gasteiger partial charge in [-0.15, -0.1) is 0 Å². The van der Waals surface area contributed by atoms with E-state index in [4.69, 9.17) is 0 Å². The number of amides is 1. The number of carbonyl (C=O) groups is 1. The third-order valence-electron chi connectivity index (χ3n) is 3.33. The van der Waals surface area contributed by atoms with Crippen molar-refractivity contribution in [3.63, 3.8) is 0 Å². The molecule has 0 aromatic heterocycles. The first-order valence-corrected chi connectivity index (χ1v) is 6.32. The average molecular weight is 227 g/mol. The number of piperazine rings is 1. The first-order valence-electron chi connectivity index (χ1n) is 6.32. The Morgan fingerprint density at radius 3 is 2.81 bits per heavy atom. The lowest BCUT2D eigenvalue weighted by atomic mass is 10.1. The van der Waals surface area contributed by atoms with E-state index >= 15 is 0 Å². The molecule has 0 aliphatic carbocycles. The van der Waals surface area contributed by atoms with E-state index in [2.05, 4.69) is 29.4 Å². The summed E-state index contributed by atoms with van der Waals surface area (Å²) in [7, 11) is 0. The second kappa shape index (κ2) is 6.21. The number of hydrogen-bond donors (Lipinski definition) is 2. The quantitative estimate of drug-likeness (QED) is 0.738. The molecule has 1 heterocycles. The fourth-order valence-corrected chi connectivity index (χ4v) is 1.95. The highest BCUT2D eigenvalue weighted by Gasteiger charge is 2.25. The standard InChI is InChI=1S/C12H25N3O/c1-5-9(2)14-12(16)11(4)15-7-6-13-10(3)8-15/h9-11,13H,5-8H2,1-4H3,(H,14,16). The van der Waals surface area contributed by atoms with Gasteiger partial charge in [0.15, 0.2) is 0 Å². The first-order chi connectivity index (χ1) is 7.54. The third kappa shape index (κ3) is 3.76. The van der Waals surface area contributed by atoms with Gasteiger partial charge in [-0.05, 0) is 27.2 Å². The lowest BCUT2D eigenvalue weighted by molar-refractivity contribution is -0.126. The second-order valence-corrected chi connectivity index (χ2v) is 4.84. The van der Waals surface area contributed by atoms with Gasteiger partial charge in [-0.1, -0.05) is 6.92 Å². The number of hydrogen-bond acceptors (Lipinski definition) is 3. The molecule has 3 atom stereocenters. The monoisotopic (exact) mass is 227 g/mol. The van der Waals surface area contributed by atoms with Gasteiger partial charge in [0.25, 0.3) is 0 Å². The van der Waals surface area contributed by atoms with Crippen LogP contribution in [0.15, 0.2) is 0 Å². The average Bonchev–Trinajstić information content (AvgIpc) is 2.27. The number of rotatable bonds is 4. The Kier molecular flexibility index (Phi) is 5.22. The van der Waals surface area contributed by atoms with Gasteiger partial charge in [0, 0.05) is 31.7 Å². The number of nitrogens with zero attached hydrogens (tertiary/aromatic N) is 1. The van der Waals surface area contributed by atoms with Gasteiger partial charge in [-0.2, -0.15) is 0 Å². The summed E-state index contributed by atoms with van der Waals surface area (Å²) in [5.74, 6) is 0.156. The van der Waals surface area contributed by atoms with E-state index < -0.39 is 0 Å². The van der Waals surface area contributed by atoms with Crippen LogP contribution in [0.5, 0.6) is 0 Å². The Balaban J connectivity index is 2.43. The molecular formula is C12H25N3O. The van der Waals surface area contributed by atoms with Crippen molar-refractivity contribution < 1.29 is 4.79 Å². The Hall–Kier alpha value is -0.610. The van der Waals surface area contributed by atoms with Crippen molar-refractivity contribution in [3.8, 4) is 0 Å². The Bertz CT molecular complexity index is 232. The zero-order valence-corrected chi connectivity index (χ0v) is 10.9. The highest BCUT2D eigenvalue weighted by molar-refractivity contribution is 5.81. The van der Waals surface area contributed by atoms with Crippen LogP contribution in [0.4, 0.5) is 0 Å². The zero-order valence-electron chi connectivity index (χ0n) is 10.9. The van der Waals surface area contributed by atoms with Crippen LogP contribution < -0.4 is 10.6 Å². The molecule has 1 amide bonds. The van der Waals surface area contributed by atoms with Gasteiger partial charge in [0.05, 0.1) is 6.04 Å². The van der Waals surface area contributed by atoms with Crippen LogP contribution >= 0.6 is 0 Å². The van der Waals surface area contributed by atoms with Crippen molar-refractivity contribution >= 4 is 5.91 Å². The fourth-order valence-electron chi connectivity index (χ4n) is 1.95. The van der Waals surface area contributed by atoms with E-state index in [0.717, 1.165) is 26.1 Å². The summed E-state index contributed by atoms with van der Waals surface area (Å²) in [5, 5.41) is 6.42. The molecule has 1 aliphatic rings. The molecule has 3 unspecified atom stereocenters. The molecule has 0 radical (unpaired) electrons. The van der Waals surface area contributed by atoms with Crippen LogP contribution in [0.25, 0.3) is 0 Å². The molecule has 0 spiro atoms. The van der Waals surface area contributed by atoms with E-state index in [-0.39, 0.29) is 18.0 Å². The number of nitrogens with one attached hydrogen (secondary N) is 2. The van der Waals surface area contributed by atoms with Crippen molar-refractivity contribution in [1.82, 2.24) is 15.5 Å². The maximum atomic E-state index is 11.9. The summed E-state index contributed by atoms with van der Waals surface area (Å²) in [6, 6.07) is 0.737. The van der Waals surface area contributed by atoms with E-state index in [1.165, 1.54) is 0 Å². The summed E-state index contributed by atoms with van der Waals surface area (Å²) in [5.41, 5.74) is 0. The molecule has 2 N–H and O–H groups in total. The molecule has 0 saturated carbocycles. The SMILES string of the molecule is CCC(C)NC(=O)C(C)N1CCNC(C)C1. The highest BCUT2D eigenvalue weighted by atomic mass is 16.2. The lowest BCUT2D eigenvalue weighted by Crippen LogP contribution is -2.56. The minimum absolute atomic E-state index is 0.0152. The summed E-state index contributed by atoms with van der Waals surface area (Å²) in [4.78, 5) is 14.2. The van der Waals surface area contributed by atoms with Crippen molar-refractivity contribution in [1.29, 1.82) is 0 Å². The maximum absolute atomic E-state index is 11.9. The topological polar surface area (TPSA) is 44.4 Å². The van der Waals surface area contributed by atoms with E-state index in [1.54, 1.807) is 0 Å². The normalized spacial score (nSPS) is 26.1. The molecule has 0 aromatic rings. The molecule has 1 aliphatic heterocycles. The predicted molar refractivity (Wildman–Crippen MR) is 66.4 cm³/mol. The Morgan fingerprint density at radius 2 is 2.25 bits per heavy atom. The molecule has 4 heteroatoms. The van der Waals surface area contributed by atoms with Gasteiger partial charge in [0.1, 0.15) is 0 Å². The predicted octanol–water partition coefficient (Wildman–Crippen LogP) is 0.583. The molecule has 0 bridgehead atoms. The maximum Gasteiger partial charge on any atom is 0.237 e. The smallest absolute Gasteiger partial charge is 0.237 e. The van der Waals surface area contributed by atoms with Crippen LogP contribution in [-0.2, 0) is 4.79 Å². The first kappa shape index (κ1) is 13.5. The summed E-state index contributed by atoms with van der Waals surface area (Å²) >= 11 is 0. The molecule has 0 aromatic carbocycles. The molecule has 1 saturated heterocycles. The van der Waals surface area contributed by atoms with Crippen LogP contribution in [0.3, 0.4) is 0 Å². The minimum atomic E-state index is -0.0152. The highest BCUT2D eigenvalue weighted by Crippen LogP contribution is 2.05. The van der Waals surface area contributed by atoms with Crippen molar-refractivity contribution in [2.45, 2.75) is 52.2 Å². The van der Waals surface area contributed by atoms with Gasteiger partial charge in [-0.25, -0.2) is 0 Å². The lowest BCUT2D eigenvalue weighted by Gasteiger charge is -2.35. The fraction of sp³-hybridized carbons (Fsp3) is 0.917. The molecule has 16 heavy (non-hydrogen) atoms. The number of carbonyl (C=O) groups excluding carboxylic acids is 1. The van der Waals surface area contributed by atoms with Crippen LogP contribution in [0.1, 0.15) is 34.1 Å². The summed E-state index contributed by atoms with van der Waals surface area (Å²) < 4.78 is 0. The van der Waals surface area contributed by atoms with Crippen LogP contribution in [-0.4, -0.2) is 48.6 Å². The van der Waals surface area contributed by atoms with Gasteiger partial charge in [0.2, 0.25) is 5.91 Å². The van der Waals surface area contributed by atoms with Gasteiger partial charge < -0.3 is 10.6 Å². The molecule has 4 nitrogen and oxygen atoms in total. The summed E-state index contributed by atoms with van der Waals surface area (Å²) in [6.07, 6.45) is 0.983. The second-order valence-electron chi connectivity index (χ2n) is 4.84. The molecule has 94 valence electrons. The van der Waals surface area contributed by atoms with E-state index in [9.17, 15) is 4.79 Å².